The van der Waals surface area contributed by atoms with Crippen LogP contribution in [0.1, 0.15) is 39.6 Å². The van der Waals surface area contributed by atoms with Crippen LogP contribution in [-0.2, 0) is 4.74 Å². The van der Waals surface area contributed by atoms with Crippen LogP contribution in [0.4, 0.5) is 11.8 Å². The van der Waals surface area contributed by atoms with Crippen LogP contribution in [0, 0.1) is 13.8 Å². The van der Waals surface area contributed by atoms with E-state index in [4.69, 9.17) is 10.5 Å². The van der Waals surface area contributed by atoms with Crippen LogP contribution in [0.3, 0.4) is 0 Å². The first kappa shape index (κ1) is 18.1. The van der Waals surface area contributed by atoms with E-state index in [9.17, 15) is 4.79 Å². The molecular weight excluding hydrogens is 330 g/mol. The normalized spacial score (nSPS) is 17.7. The van der Waals surface area contributed by atoms with E-state index in [1.165, 1.54) is 0 Å². The average molecular weight is 355 g/mol. The van der Waals surface area contributed by atoms with Gasteiger partial charge >= 0.3 is 0 Å². The lowest BCUT2D eigenvalue weighted by atomic mass is 9.97. The van der Waals surface area contributed by atoms with Crippen molar-refractivity contribution in [3.05, 3.63) is 46.6 Å². The van der Waals surface area contributed by atoms with Gasteiger partial charge in [0.2, 0.25) is 5.95 Å². The Morgan fingerprint density at radius 3 is 2.85 bits per heavy atom. The molecule has 2 aromatic rings. The maximum Gasteiger partial charge on any atom is 0.251 e. The third-order valence-corrected chi connectivity index (χ3v) is 4.62. The number of anilines is 2. The molecule has 1 amide bonds. The number of carbonyl (C=O) groups excluding carboxylic acids is 1. The van der Waals surface area contributed by atoms with E-state index in [1.807, 2.05) is 38.1 Å². The number of hydrogen-bond acceptors (Lipinski definition) is 6. The molecular formula is C19H25N5O2. The van der Waals surface area contributed by atoms with Gasteiger partial charge in [0, 0.05) is 37.5 Å². The van der Waals surface area contributed by atoms with Gasteiger partial charge in [0.05, 0.1) is 12.6 Å². The molecule has 138 valence electrons. The van der Waals surface area contributed by atoms with Gasteiger partial charge < -0.3 is 20.7 Å². The van der Waals surface area contributed by atoms with E-state index < -0.39 is 0 Å². The number of carbonyl (C=O) groups is 1. The highest BCUT2D eigenvalue weighted by atomic mass is 16.5. The summed E-state index contributed by atoms with van der Waals surface area (Å²) in [6, 6.07) is 7.65. The second-order valence-corrected chi connectivity index (χ2v) is 6.51. The molecule has 1 saturated heterocycles. The Balaban J connectivity index is 2.06. The average Bonchev–Trinajstić information content (AvgIpc) is 2.86. The molecule has 1 atom stereocenters. The van der Waals surface area contributed by atoms with Crippen LogP contribution in [-0.4, -0.2) is 42.7 Å². The predicted molar refractivity (Wildman–Crippen MR) is 101 cm³/mol. The van der Waals surface area contributed by atoms with Crippen molar-refractivity contribution in [2.45, 2.75) is 26.3 Å². The summed E-state index contributed by atoms with van der Waals surface area (Å²) < 4.78 is 5.84. The van der Waals surface area contributed by atoms with E-state index in [2.05, 4.69) is 20.2 Å². The lowest BCUT2D eigenvalue weighted by molar-refractivity contribution is 0.0962. The summed E-state index contributed by atoms with van der Waals surface area (Å²) in [4.78, 5) is 22.9. The molecule has 1 aliphatic rings. The Bertz CT molecular complexity index is 788. The number of aryl methyl sites for hydroxylation is 2. The zero-order valence-corrected chi connectivity index (χ0v) is 15.5. The number of benzene rings is 1. The Morgan fingerprint density at radius 2 is 2.12 bits per heavy atom. The molecule has 0 radical (unpaired) electrons. The van der Waals surface area contributed by atoms with Gasteiger partial charge in [0.15, 0.2) is 0 Å². The fraction of sp³-hybridized carbons (Fsp3) is 0.421. The molecule has 1 aromatic carbocycles. The van der Waals surface area contributed by atoms with Crippen molar-refractivity contribution in [2.24, 2.45) is 0 Å². The minimum Gasteiger partial charge on any atom is -0.379 e. The maximum absolute atomic E-state index is 12.1. The van der Waals surface area contributed by atoms with Crippen LogP contribution in [0.15, 0.2) is 24.3 Å². The van der Waals surface area contributed by atoms with Crippen LogP contribution in [0.2, 0.25) is 0 Å². The molecule has 2 heterocycles. The molecule has 7 heteroatoms. The summed E-state index contributed by atoms with van der Waals surface area (Å²) in [5.74, 6) is 0.949. The highest BCUT2D eigenvalue weighted by molar-refractivity contribution is 5.94. The van der Waals surface area contributed by atoms with Crippen LogP contribution in [0.5, 0.6) is 0 Å². The smallest absolute Gasteiger partial charge is 0.251 e. The second kappa shape index (κ2) is 7.70. The zero-order chi connectivity index (χ0) is 18.7. The summed E-state index contributed by atoms with van der Waals surface area (Å²) >= 11 is 0. The lowest BCUT2D eigenvalue weighted by Crippen LogP contribution is -2.32. The molecule has 0 bridgehead atoms. The molecule has 1 fully saturated rings. The van der Waals surface area contributed by atoms with Crippen molar-refractivity contribution in [1.82, 2.24) is 15.3 Å². The number of nitrogens with two attached hydrogens (primary N) is 1. The zero-order valence-electron chi connectivity index (χ0n) is 15.5. The van der Waals surface area contributed by atoms with E-state index >= 15 is 0 Å². The molecule has 3 rings (SSSR count). The third kappa shape index (κ3) is 3.77. The molecule has 1 aliphatic heterocycles. The first-order valence-electron chi connectivity index (χ1n) is 8.77. The summed E-state index contributed by atoms with van der Waals surface area (Å²) in [6.07, 6.45) is 0.896. The Morgan fingerprint density at radius 1 is 1.31 bits per heavy atom. The first-order valence-corrected chi connectivity index (χ1v) is 8.77. The maximum atomic E-state index is 12.1. The third-order valence-electron chi connectivity index (χ3n) is 4.62. The summed E-state index contributed by atoms with van der Waals surface area (Å²) in [7, 11) is 1.63. The molecule has 0 spiro atoms. The number of nitrogens with one attached hydrogen (secondary N) is 1. The van der Waals surface area contributed by atoms with Crippen LogP contribution < -0.4 is 16.0 Å². The van der Waals surface area contributed by atoms with E-state index in [0.29, 0.717) is 18.8 Å². The molecule has 1 unspecified atom stereocenters. The Labute approximate surface area is 153 Å². The minimum atomic E-state index is -0.102. The number of rotatable bonds is 3. The number of nitrogen functional groups attached to an aromatic ring is 1. The molecule has 3 N–H and O–H groups in total. The van der Waals surface area contributed by atoms with E-state index in [0.717, 1.165) is 35.6 Å². The number of hydrogen-bond donors (Lipinski definition) is 2. The van der Waals surface area contributed by atoms with Gasteiger partial charge in [-0.1, -0.05) is 6.07 Å². The lowest BCUT2D eigenvalue weighted by Gasteiger charge is -2.32. The van der Waals surface area contributed by atoms with Crippen molar-refractivity contribution in [3.8, 4) is 0 Å². The molecule has 0 saturated carbocycles. The van der Waals surface area contributed by atoms with Gasteiger partial charge in [0.1, 0.15) is 5.82 Å². The molecule has 1 aromatic heterocycles. The van der Waals surface area contributed by atoms with Gasteiger partial charge in [-0.15, -0.1) is 0 Å². The fourth-order valence-corrected chi connectivity index (χ4v) is 3.32. The van der Waals surface area contributed by atoms with Gasteiger partial charge in [0.25, 0.3) is 5.91 Å². The topological polar surface area (TPSA) is 93.4 Å². The summed E-state index contributed by atoms with van der Waals surface area (Å²) in [5, 5.41) is 2.68. The fourth-order valence-electron chi connectivity index (χ4n) is 3.32. The largest absolute Gasteiger partial charge is 0.379 e. The van der Waals surface area contributed by atoms with Crippen molar-refractivity contribution >= 4 is 17.7 Å². The number of aromatic nitrogens is 2. The molecule has 0 aliphatic carbocycles. The van der Waals surface area contributed by atoms with Gasteiger partial charge in [-0.25, -0.2) is 4.98 Å². The number of nitrogens with zero attached hydrogens (tertiary/aromatic N) is 3. The standard InChI is InChI=1S/C19H25N5O2/c1-12-5-6-14(18(25)21-3)10-15(12)16-11-26-8-4-7-24(16)17-9-13(2)22-19(20)23-17/h5-6,9-10,16H,4,7-8,11H2,1-3H3,(H,21,25)(H2,20,22,23). The molecule has 7 nitrogen and oxygen atoms in total. The quantitative estimate of drug-likeness (QED) is 0.875. The highest BCUT2D eigenvalue weighted by Gasteiger charge is 2.27. The van der Waals surface area contributed by atoms with Crippen molar-refractivity contribution in [3.63, 3.8) is 0 Å². The van der Waals surface area contributed by atoms with Crippen molar-refractivity contribution < 1.29 is 9.53 Å². The second-order valence-electron chi connectivity index (χ2n) is 6.51. The SMILES string of the molecule is CNC(=O)c1ccc(C)c(C2COCCCN2c2cc(C)nc(N)n2)c1. The minimum absolute atomic E-state index is 0.0455. The van der Waals surface area contributed by atoms with Crippen molar-refractivity contribution in [2.75, 3.05) is 37.4 Å². The van der Waals surface area contributed by atoms with Crippen molar-refractivity contribution in [1.29, 1.82) is 0 Å². The van der Waals surface area contributed by atoms with E-state index in [1.54, 1.807) is 7.05 Å². The number of ether oxygens (including phenoxy) is 1. The highest BCUT2D eigenvalue weighted by Crippen LogP contribution is 2.31. The Hall–Kier alpha value is -2.67. The van der Waals surface area contributed by atoms with E-state index in [-0.39, 0.29) is 17.9 Å². The monoisotopic (exact) mass is 355 g/mol. The van der Waals surface area contributed by atoms with Gasteiger partial charge in [-0.05, 0) is 43.5 Å². The van der Waals surface area contributed by atoms with Gasteiger partial charge in [-0.2, -0.15) is 4.98 Å². The Kier molecular flexibility index (Phi) is 5.37. The van der Waals surface area contributed by atoms with Crippen LogP contribution in [0.25, 0.3) is 0 Å². The summed E-state index contributed by atoms with van der Waals surface area (Å²) in [6.45, 7) is 5.97. The number of amides is 1. The predicted octanol–water partition coefficient (Wildman–Crippen LogP) is 2.00. The molecule has 26 heavy (non-hydrogen) atoms. The summed E-state index contributed by atoms with van der Waals surface area (Å²) in [5.41, 5.74) is 9.50. The van der Waals surface area contributed by atoms with Crippen LogP contribution >= 0.6 is 0 Å². The van der Waals surface area contributed by atoms with Gasteiger partial charge in [-0.3, -0.25) is 4.79 Å². The first-order chi connectivity index (χ1) is 12.5.